The summed E-state index contributed by atoms with van der Waals surface area (Å²) in [7, 11) is -9.59. The zero-order chi connectivity index (χ0) is 19.6. The highest BCUT2D eigenvalue weighted by atomic mass is 79.9. The number of hydrogen-bond acceptors (Lipinski definition) is 5. The van der Waals surface area contributed by atoms with Gasteiger partial charge in [-0.05, 0) is 15.9 Å². The van der Waals surface area contributed by atoms with E-state index in [1.54, 1.807) is 20.8 Å². The zero-order valence-electron chi connectivity index (χ0n) is 13.5. The molecule has 2 aromatic rings. The van der Waals surface area contributed by atoms with Crippen molar-refractivity contribution in [3.63, 3.8) is 0 Å². The first kappa shape index (κ1) is 19.8. The van der Waals surface area contributed by atoms with Crippen LogP contribution in [0.15, 0.2) is 9.37 Å². The highest BCUT2D eigenvalue weighted by Crippen LogP contribution is 3.04. The van der Waals surface area contributed by atoms with E-state index in [1.165, 1.54) is 0 Å². The number of aromatic nitrogens is 2. The van der Waals surface area contributed by atoms with Crippen LogP contribution in [-0.2, 0) is 5.41 Å². The van der Waals surface area contributed by atoms with Gasteiger partial charge in [0.2, 0.25) is 0 Å². The van der Waals surface area contributed by atoms with Crippen molar-refractivity contribution in [2.24, 2.45) is 0 Å². The maximum atomic E-state index is 13.6. The summed E-state index contributed by atoms with van der Waals surface area (Å²) in [6.45, 7) is 4.99. The van der Waals surface area contributed by atoms with Crippen LogP contribution in [0.5, 0.6) is 11.5 Å². The Balaban J connectivity index is 3.22. The van der Waals surface area contributed by atoms with Crippen LogP contribution in [0.4, 0.5) is 25.2 Å². The van der Waals surface area contributed by atoms with E-state index in [4.69, 9.17) is 5.73 Å². The number of phenolic OH excluding ortho intramolecular Hbond substituents is 1. The second kappa shape index (κ2) is 4.78. The van der Waals surface area contributed by atoms with Crippen LogP contribution in [0.3, 0.4) is 0 Å². The summed E-state index contributed by atoms with van der Waals surface area (Å²) < 4.78 is 72.2. The Morgan fingerprint density at radius 1 is 1.12 bits per heavy atom. The fraction of sp³-hybridized carbons (Fsp3) is 0.385. The summed E-state index contributed by atoms with van der Waals surface area (Å²) in [4.78, 5) is 5.21. The number of rotatable bonds is 2. The molecule has 2 rings (SSSR count). The summed E-state index contributed by atoms with van der Waals surface area (Å²) >= 11 is 2.87. The minimum Gasteiger partial charge on any atom is -0.503 e. The number of ether oxygens (including phenoxy) is 1. The molecule has 0 fully saturated rings. The molecule has 25 heavy (non-hydrogen) atoms. The third kappa shape index (κ3) is 3.41. The first-order valence-electron chi connectivity index (χ1n) is 6.68. The molecule has 142 valence electrons. The number of fused-ring (bicyclic) bond motifs is 1. The van der Waals surface area contributed by atoms with Crippen LogP contribution >= 0.6 is 26.2 Å². The normalized spacial score (nSPS) is 15.8. The summed E-state index contributed by atoms with van der Waals surface area (Å²) in [5, 5.41) is 8.83. The Morgan fingerprint density at radius 3 is 2.04 bits per heavy atom. The van der Waals surface area contributed by atoms with Crippen LogP contribution in [0, 0.1) is 0 Å². The molecular weight excluding hydrogens is 437 g/mol. The molecule has 5 nitrogen and oxygen atoms in total. The van der Waals surface area contributed by atoms with Gasteiger partial charge >= 0.3 is 10.2 Å². The van der Waals surface area contributed by atoms with E-state index in [0.29, 0.717) is 0 Å². The summed E-state index contributed by atoms with van der Waals surface area (Å²) in [6, 6.07) is 0. The van der Waals surface area contributed by atoms with Crippen LogP contribution in [0.25, 0.3) is 10.9 Å². The molecule has 0 atom stereocenters. The number of hydrogen-bond donors (Lipinski definition) is 2. The molecular formula is C13H15BrF5N3O2S. The van der Waals surface area contributed by atoms with Gasteiger partial charge in [-0.15, -0.1) is 0 Å². The topological polar surface area (TPSA) is 81.3 Å². The molecule has 0 radical (unpaired) electrons. The van der Waals surface area contributed by atoms with Crippen LogP contribution in [0.2, 0.25) is 0 Å². The van der Waals surface area contributed by atoms with Crippen molar-refractivity contribution < 1.29 is 29.3 Å². The molecule has 0 bridgehead atoms. The number of nitrogens with zero attached hydrogens (tertiary/aromatic N) is 2. The molecule has 0 unspecified atom stereocenters. The van der Waals surface area contributed by atoms with Crippen molar-refractivity contribution in [1.29, 1.82) is 0 Å². The molecule has 0 amide bonds. The Kier molecular flexibility index (Phi) is 3.78. The first-order chi connectivity index (χ1) is 10.9. The number of methoxy groups -OCH3 is 1. The van der Waals surface area contributed by atoms with E-state index >= 15 is 0 Å². The summed E-state index contributed by atoms with van der Waals surface area (Å²) in [5.74, 6) is -3.37. The summed E-state index contributed by atoms with van der Waals surface area (Å²) in [5.41, 5.74) is 4.27. The molecule has 12 heteroatoms. The van der Waals surface area contributed by atoms with Crippen molar-refractivity contribution in [3.05, 3.63) is 10.3 Å². The van der Waals surface area contributed by atoms with Crippen LogP contribution < -0.4 is 10.5 Å². The number of aromatic hydroxyl groups is 1. The molecule has 0 spiro atoms. The summed E-state index contributed by atoms with van der Waals surface area (Å²) in [6.07, 6.45) is 0. The Labute approximate surface area is 148 Å². The fourth-order valence-electron chi connectivity index (χ4n) is 2.19. The quantitative estimate of drug-likeness (QED) is 0.577. The minimum atomic E-state index is -10.3. The van der Waals surface area contributed by atoms with Crippen molar-refractivity contribution in [1.82, 2.24) is 9.97 Å². The van der Waals surface area contributed by atoms with E-state index < -0.39 is 48.8 Å². The lowest BCUT2D eigenvalue weighted by Crippen LogP contribution is -2.18. The van der Waals surface area contributed by atoms with Crippen molar-refractivity contribution >= 4 is 42.9 Å². The number of nitrogens with two attached hydrogens (primary N) is 1. The third-order valence-electron chi connectivity index (χ3n) is 3.26. The maximum absolute atomic E-state index is 13.6. The lowest BCUT2D eigenvalue weighted by Gasteiger charge is -2.42. The van der Waals surface area contributed by atoms with Gasteiger partial charge in [0, 0.05) is 5.41 Å². The number of benzene rings is 1. The van der Waals surface area contributed by atoms with E-state index in [1.807, 2.05) is 0 Å². The third-order valence-corrected chi connectivity index (χ3v) is 5.17. The van der Waals surface area contributed by atoms with Gasteiger partial charge in [0.25, 0.3) is 0 Å². The van der Waals surface area contributed by atoms with Crippen molar-refractivity contribution in [2.45, 2.75) is 31.1 Å². The van der Waals surface area contributed by atoms with Gasteiger partial charge in [-0.2, -0.15) is 0 Å². The zero-order valence-corrected chi connectivity index (χ0v) is 15.9. The van der Waals surface area contributed by atoms with Crippen molar-refractivity contribution in [3.8, 4) is 11.5 Å². The van der Waals surface area contributed by atoms with Gasteiger partial charge < -0.3 is 15.6 Å². The monoisotopic (exact) mass is 451 g/mol. The second-order valence-corrected chi connectivity index (χ2v) is 9.54. The van der Waals surface area contributed by atoms with Crippen LogP contribution in [-0.4, -0.2) is 22.2 Å². The smallest absolute Gasteiger partial charge is 0.314 e. The van der Waals surface area contributed by atoms with Gasteiger partial charge in [-0.3, -0.25) is 0 Å². The Bertz CT molecular complexity index is 898. The average molecular weight is 452 g/mol. The first-order valence-corrected chi connectivity index (χ1v) is 9.43. The Hall–Kier alpha value is -1.56. The van der Waals surface area contributed by atoms with Gasteiger partial charge in [0.1, 0.15) is 11.6 Å². The molecule has 3 N–H and O–H groups in total. The molecule has 0 aliphatic heterocycles. The largest absolute Gasteiger partial charge is 0.503 e. The molecule has 0 aliphatic carbocycles. The molecule has 0 saturated carbocycles. The molecule has 1 heterocycles. The minimum absolute atomic E-state index is 0.0240. The Morgan fingerprint density at radius 2 is 1.64 bits per heavy atom. The number of anilines is 1. The van der Waals surface area contributed by atoms with E-state index in [-0.39, 0.29) is 10.3 Å². The van der Waals surface area contributed by atoms with E-state index in [9.17, 15) is 24.5 Å². The molecule has 1 aromatic carbocycles. The predicted molar refractivity (Wildman–Crippen MR) is 90.0 cm³/mol. The van der Waals surface area contributed by atoms with Gasteiger partial charge in [0.05, 0.1) is 22.5 Å². The lowest BCUT2D eigenvalue weighted by molar-refractivity contribution is 0.332. The number of phenols is 1. The highest BCUT2D eigenvalue weighted by Gasteiger charge is 2.69. The van der Waals surface area contributed by atoms with Crippen LogP contribution in [0.1, 0.15) is 26.6 Å². The van der Waals surface area contributed by atoms with Crippen molar-refractivity contribution in [2.75, 3.05) is 12.8 Å². The molecule has 0 aliphatic rings. The van der Waals surface area contributed by atoms with Gasteiger partial charge in [-0.1, -0.05) is 40.2 Å². The number of halogens is 6. The highest BCUT2D eigenvalue weighted by molar-refractivity contribution is 9.10. The SMILES string of the molecule is COc1c(O)c(Br)c2nc(C(C)(C)C)nc(N)c2c1S(F)(F)(F)(F)F. The second-order valence-electron chi connectivity index (χ2n) is 6.40. The lowest BCUT2D eigenvalue weighted by atomic mass is 9.95. The number of nitrogen functional groups attached to an aromatic ring is 1. The molecule has 1 aromatic heterocycles. The average Bonchev–Trinajstić information content (AvgIpc) is 2.38. The van der Waals surface area contributed by atoms with E-state index in [0.717, 1.165) is 7.11 Å². The van der Waals surface area contributed by atoms with Gasteiger partial charge in [0.15, 0.2) is 16.4 Å². The predicted octanol–water partition coefficient (Wildman–Crippen LogP) is 5.64. The molecule has 0 saturated heterocycles. The van der Waals surface area contributed by atoms with Gasteiger partial charge in [-0.25, -0.2) is 9.97 Å². The standard InChI is InChI=1S/C13H15BrF5N3O2S/c1-13(2,3)12-21-7-5(11(20)22-12)10(25(15,16,17,18)19)9(24-4)8(23)6(7)14/h23H,1-4H3,(H2,20,21,22). The van der Waals surface area contributed by atoms with E-state index in [2.05, 4.69) is 30.6 Å². The fourth-order valence-corrected chi connectivity index (χ4v) is 3.77. The maximum Gasteiger partial charge on any atom is 0.314 e.